The molecule has 3 rings (SSSR count). The van der Waals surface area contributed by atoms with E-state index in [2.05, 4.69) is 0 Å². The van der Waals surface area contributed by atoms with E-state index in [0.29, 0.717) is 10.1 Å². The molecule has 0 aliphatic rings. The van der Waals surface area contributed by atoms with E-state index in [-0.39, 0.29) is 22.6 Å². The molecule has 3 nitrogen and oxygen atoms in total. The average molecular weight is 352 g/mol. The zero-order valence-corrected chi connectivity index (χ0v) is 13.2. The highest BCUT2D eigenvalue weighted by atomic mass is 32.1. The number of aromatic carboxylic acids is 1. The monoisotopic (exact) mass is 352 g/mol. The van der Waals surface area contributed by atoms with Gasteiger partial charge in [0.2, 0.25) is 0 Å². The zero-order chi connectivity index (χ0) is 17.4. The van der Waals surface area contributed by atoms with Crippen molar-refractivity contribution in [2.45, 2.75) is 6.92 Å². The summed E-state index contributed by atoms with van der Waals surface area (Å²) in [5, 5.41) is 9.79. The van der Waals surface area contributed by atoms with Crippen molar-refractivity contribution >= 4 is 27.4 Å². The lowest BCUT2D eigenvalue weighted by Crippen LogP contribution is -2.01. The van der Waals surface area contributed by atoms with Crippen molar-refractivity contribution < 1.29 is 27.8 Å². The molecule has 0 aliphatic heterocycles. The fourth-order valence-corrected chi connectivity index (χ4v) is 3.57. The number of rotatable bonds is 4. The SMILES string of the molecule is CCOc1c(F)ccc(-c2c(C(=O)O)sc3cc(F)ccc23)c1F. The molecule has 1 N–H and O–H groups in total. The van der Waals surface area contributed by atoms with Crippen LogP contribution in [0.3, 0.4) is 0 Å². The molecule has 1 aromatic heterocycles. The largest absolute Gasteiger partial charge is 0.488 e. The van der Waals surface area contributed by atoms with Crippen LogP contribution in [0.5, 0.6) is 5.75 Å². The second-order valence-corrected chi connectivity index (χ2v) is 5.98. The summed E-state index contributed by atoms with van der Waals surface area (Å²) in [6.07, 6.45) is 0. The first-order valence-corrected chi connectivity index (χ1v) is 7.82. The van der Waals surface area contributed by atoms with E-state index in [1.807, 2.05) is 0 Å². The van der Waals surface area contributed by atoms with Gasteiger partial charge in [0, 0.05) is 21.2 Å². The minimum absolute atomic E-state index is 0.0542. The van der Waals surface area contributed by atoms with Crippen LogP contribution in [0.25, 0.3) is 21.2 Å². The smallest absolute Gasteiger partial charge is 0.346 e. The Bertz CT molecular complexity index is 950. The predicted molar refractivity (Wildman–Crippen MR) is 85.3 cm³/mol. The van der Waals surface area contributed by atoms with E-state index in [1.54, 1.807) is 6.92 Å². The molecule has 0 fully saturated rings. The number of thiophene rings is 1. The van der Waals surface area contributed by atoms with Gasteiger partial charge in [0.05, 0.1) is 6.61 Å². The Labute approximate surface area is 138 Å². The number of carboxylic acid groups (broad SMARTS) is 1. The maximum atomic E-state index is 14.7. The first-order chi connectivity index (χ1) is 11.4. The van der Waals surface area contributed by atoms with Crippen molar-refractivity contribution in [3.05, 3.63) is 52.7 Å². The molecule has 0 amide bonds. The van der Waals surface area contributed by atoms with Gasteiger partial charge in [-0.05, 0) is 37.3 Å². The molecular formula is C17H11F3O3S. The molecule has 0 atom stereocenters. The maximum absolute atomic E-state index is 14.7. The summed E-state index contributed by atoms with van der Waals surface area (Å²) in [5.74, 6) is -4.22. The highest BCUT2D eigenvalue weighted by molar-refractivity contribution is 7.21. The Morgan fingerprint density at radius 1 is 1.21 bits per heavy atom. The molecule has 7 heteroatoms. The Balaban J connectivity index is 2.35. The first-order valence-electron chi connectivity index (χ1n) is 7.00. The number of ether oxygens (including phenoxy) is 1. The van der Waals surface area contributed by atoms with Crippen LogP contribution < -0.4 is 4.74 Å². The zero-order valence-electron chi connectivity index (χ0n) is 12.4. The molecule has 0 radical (unpaired) electrons. The molecule has 1 heterocycles. The second kappa shape index (κ2) is 6.16. The van der Waals surface area contributed by atoms with Crippen molar-refractivity contribution in [1.82, 2.24) is 0 Å². The Kier molecular flexibility index (Phi) is 4.19. The topological polar surface area (TPSA) is 46.5 Å². The van der Waals surface area contributed by atoms with Gasteiger partial charge in [0.1, 0.15) is 10.7 Å². The molecule has 3 aromatic rings. The van der Waals surface area contributed by atoms with Crippen LogP contribution in [-0.4, -0.2) is 17.7 Å². The highest BCUT2D eigenvalue weighted by Gasteiger charge is 2.24. The summed E-state index contributed by atoms with van der Waals surface area (Å²) in [5.41, 5.74) is -0.0175. The third kappa shape index (κ3) is 2.60. The molecule has 24 heavy (non-hydrogen) atoms. The van der Waals surface area contributed by atoms with Gasteiger partial charge in [-0.15, -0.1) is 11.3 Å². The fourth-order valence-electron chi connectivity index (χ4n) is 2.49. The Hall–Kier alpha value is -2.54. The third-order valence-electron chi connectivity index (χ3n) is 3.45. The normalized spacial score (nSPS) is 11.0. The van der Waals surface area contributed by atoms with E-state index >= 15 is 0 Å². The lowest BCUT2D eigenvalue weighted by molar-refractivity contribution is 0.0703. The standard InChI is InChI=1S/C17H11F3O3S/c1-2-23-15-11(19)6-5-10(14(15)20)13-9-4-3-8(18)7-12(9)24-16(13)17(21)22/h3-7H,2H2,1H3,(H,21,22). The van der Waals surface area contributed by atoms with Crippen molar-refractivity contribution in [1.29, 1.82) is 0 Å². The van der Waals surface area contributed by atoms with Gasteiger partial charge in [-0.2, -0.15) is 0 Å². The lowest BCUT2D eigenvalue weighted by atomic mass is 10.0. The molecule has 0 spiro atoms. The molecule has 0 unspecified atom stereocenters. The van der Waals surface area contributed by atoms with E-state index in [0.717, 1.165) is 29.5 Å². The predicted octanol–water partition coefficient (Wildman–Crippen LogP) is 5.08. The van der Waals surface area contributed by atoms with E-state index in [4.69, 9.17) is 4.74 Å². The Morgan fingerprint density at radius 2 is 1.96 bits per heavy atom. The van der Waals surface area contributed by atoms with Crippen molar-refractivity contribution in [2.75, 3.05) is 6.61 Å². The number of hydrogen-bond donors (Lipinski definition) is 1. The fraction of sp³-hybridized carbons (Fsp3) is 0.118. The van der Waals surface area contributed by atoms with Crippen LogP contribution in [0.4, 0.5) is 13.2 Å². The molecule has 0 saturated heterocycles. The van der Waals surface area contributed by atoms with Gasteiger partial charge in [-0.1, -0.05) is 0 Å². The number of carboxylic acids is 1. The maximum Gasteiger partial charge on any atom is 0.346 e. The van der Waals surface area contributed by atoms with E-state index in [9.17, 15) is 23.1 Å². The third-order valence-corrected chi connectivity index (χ3v) is 4.59. The molecule has 2 aromatic carbocycles. The summed E-state index contributed by atoms with van der Waals surface area (Å²) >= 11 is 0.832. The van der Waals surface area contributed by atoms with Gasteiger partial charge in [0.25, 0.3) is 0 Å². The van der Waals surface area contributed by atoms with Gasteiger partial charge in [-0.3, -0.25) is 0 Å². The molecule has 0 aliphatic carbocycles. The summed E-state index contributed by atoms with van der Waals surface area (Å²) in [6.45, 7) is 1.63. The van der Waals surface area contributed by atoms with Crippen LogP contribution in [0.2, 0.25) is 0 Å². The van der Waals surface area contributed by atoms with Crippen LogP contribution in [0, 0.1) is 17.5 Å². The first kappa shape index (κ1) is 16.3. The summed E-state index contributed by atoms with van der Waals surface area (Å²) < 4.78 is 47.2. The van der Waals surface area contributed by atoms with Crippen LogP contribution in [0.1, 0.15) is 16.6 Å². The summed E-state index contributed by atoms with van der Waals surface area (Å²) in [6, 6.07) is 5.90. The van der Waals surface area contributed by atoms with Crippen LogP contribution in [-0.2, 0) is 0 Å². The highest BCUT2D eigenvalue weighted by Crippen LogP contribution is 2.42. The molecular weight excluding hydrogens is 341 g/mol. The van der Waals surface area contributed by atoms with Crippen molar-refractivity contribution in [2.24, 2.45) is 0 Å². The molecule has 0 saturated carbocycles. The van der Waals surface area contributed by atoms with Gasteiger partial charge < -0.3 is 9.84 Å². The quantitative estimate of drug-likeness (QED) is 0.712. The minimum Gasteiger partial charge on any atom is -0.488 e. The van der Waals surface area contributed by atoms with Crippen molar-refractivity contribution in [3.8, 4) is 16.9 Å². The summed E-state index contributed by atoms with van der Waals surface area (Å²) in [7, 11) is 0. The number of carbonyl (C=O) groups is 1. The van der Waals surface area contributed by atoms with Gasteiger partial charge in [-0.25, -0.2) is 18.0 Å². The second-order valence-electron chi connectivity index (χ2n) is 4.92. The molecule has 0 bridgehead atoms. The minimum atomic E-state index is -1.27. The number of fused-ring (bicyclic) bond motifs is 1. The lowest BCUT2D eigenvalue weighted by Gasteiger charge is -2.10. The van der Waals surface area contributed by atoms with Gasteiger partial charge >= 0.3 is 5.97 Å². The number of benzene rings is 2. The van der Waals surface area contributed by atoms with Gasteiger partial charge in [0.15, 0.2) is 17.4 Å². The van der Waals surface area contributed by atoms with E-state index < -0.39 is 29.2 Å². The summed E-state index contributed by atoms with van der Waals surface area (Å²) in [4.78, 5) is 11.4. The average Bonchev–Trinajstić information content (AvgIpc) is 2.90. The van der Waals surface area contributed by atoms with Crippen LogP contribution in [0.15, 0.2) is 30.3 Å². The van der Waals surface area contributed by atoms with Crippen LogP contribution >= 0.6 is 11.3 Å². The number of halogens is 3. The molecule has 124 valence electrons. The van der Waals surface area contributed by atoms with Crippen molar-refractivity contribution in [3.63, 3.8) is 0 Å². The number of hydrogen-bond acceptors (Lipinski definition) is 3. The Morgan fingerprint density at radius 3 is 2.62 bits per heavy atom. The van der Waals surface area contributed by atoms with E-state index in [1.165, 1.54) is 12.1 Å².